The van der Waals surface area contributed by atoms with Crippen LogP contribution in [-0.4, -0.2) is 50.3 Å². The molecule has 1 aromatic rings. The molecule has 5 heteroatoms. The summed E-state index contributed by atoms with van der Waals surface area (Å²) in [7, 11) is -1.35. The van der Waals surface area contributed by atoms with Crippen LogP contribution in [0.2, 0.25) is 0 Å². The van der Waals surface area contributed by atoms with E-state index < -0.39 is 10.0 Å². The molecule has 0 aromatic heterocycles. The van der Waals surface area contributed by atoms with Crippen molar-refractivity contribution in [3.63, 3.8) is 0 Å². The minimum absolute atomic E-state index is 0.254. The summed E-state index contributed by atoms with van der Waals surface area (Å²) in [6, 6.07) is 4.14. The second-order valence-corrected chi connectivity index (χ2v) is 7.80. The number of nitrogens with zero attached hydrogens (tertiary/aromatic N) is 2. The molecule has 0 radical (unpaired) electrons. The third kappa shape index (κ3) is 2.75. The lowest BCUT2D eigenvalue weighted by molar-refractivity contribution is 0.159. The van der Waals surface area contributed by atoms with E-state index in [1.54, 1.807) is 4.31 Å². The number of sulfonamides is 1. The Kier molecular flexibility index (Phi) is 4.23. The molecule has 4 nitrogen and oxygen atoms in total. The van der Waals surface area contributed by atoms with Crippen molar-refractivity contribution in [2.45, 2.75) is 38.6 Å². The molecule has 0 bridgehead atoms. The van der Waals surface area contributed by atoms with E-state index in [1.165, 1.54) is 0 Å². The number of rotatable bonds is 2. The van der Waals surface area contributed by atoms with Gasteiger partial charge in [0, 0.05) is 25.7 Å². The van der Waals surface area contributed by atoms with Crippen LogP contribution in [0.1, 0.15) is 23.6 Å². The fourth-order valence-electron chi connectivity index (χ4n) is 2.94. The fraction of sp³-hybridized carbons (Fsp3) is 0.600. The van der Waals surface area contributed by atoms with E-state index in [0.29, 0.717) is 18.0 Å². The summed E-state index contributed by atoms with van der Waals surface area (Å²) in [5, 5.41) is 0. The number of benzene rings is 1. The summed E-state index contributed by atoms with van der Waals surface area (Å²) in [4.78, 5) is 2.68. The van der Waals surface area contributed by atoms with Crippen molar-refractivity contribution in [1.82, 2.24) is 9.21 Å². The first-order valence-corrected chi connectivity index (χ1v) is 8.45. The monoisotopic (exact) mass is 296 g/mol. The molecule has 20 heavy (non-hydrogen) atoms. The molecule has 1 unspecified atom stereocenters. The maximum Gasteiger partial charge on any atom is 0.243 e. The van der Waals surface area contributed by atoms with Gasteiger partial charge in [-0.05, 0) is 45.9 Å². The van der Waals surface area contributed by atoms with Crippen LogP contribution in [0.15, 0.2) is 17.0 Å². The molecule has 0 spiro atoms. The van der Waals surface area contributed by atoms with Crippen molar-refractivity contribution >= 4 is 10.0 Å². The zero-order valence-corrected chi connectivity index (χ0v) is 13.8. The summed E-state index contributed by atoms with van der Waals surface area (Å²) >= 11 is 0. The quantitative estimate of drug-likeness (QED) is 0.837. The highest BCUT2D eigenvalue weighted by Crippen LogP contribution is 2.26. The number of hydrogen-bond acceptors (Lipinski definition) is 3. The first-order valence-electron chi connectivity index (χ1n) is 7.01. The molecule has 1 atom stereocenters. The molecule has 112 valence electrons. The van der Waals surface area contributed by atoms with E-state index in [0.717, 1.165) is 23.2 Å². The standard InChI is InChI=1S/C15H24N2O2S/c1-11-8-12(2)15(13(3)9-11)20(18,19)17-7-6-16(5)14(4)10-17/h8-9,14H,6-7,10H2,1-5H3. The molecule has 1 fully saturated rings. The van der Waals surface area contributed by atoms with Crippen LogP contribution in [0.4, 0.5) is 0 Å². The number of aryl methyl sites for hydroxylation is 3. The van der Waals surface area contributed by atoms with Gasteiger partial charge in [0.15, 0.2) is 0 Å². The molecular weight excluding hydrogens is 272 g/mol. The van der Waals surface area contributed by atoms with Gasteiger partial charge >= 0.3 is 0 Å². The van der Waals surface area contributed by atoms with E-state index in [4.69, 9.17) is 0 Å². The lowest BCUT2D eigenvalue weighted by atomic mass is 10.1. The van der Waals surface area contributed by atoms with Gasteiger partial charge < -0.3 is 4.90 Å². The van der Waals surface area contributed by atoms with Crippen molar-refractivity contribution in [2.75, 3.05) is 26.7 Å². The van der Waals surface area contributed by atoms with Gasteiger partial charge in [0.25, 0.3) is 0 Å². The van der Waals surface area contributed by atoms with Crippen LogP contribution in [0.3, 0.4) is 0 Å². The fourth-order valence-corrected chi connectivity index (χ4v) is 4.86. The van der Waals surface area contributed by atoms with Gasteiger partial charge in [-0.3, -0.25) is 0 Å². The Morgan fingerprint density at radius 3 is 2.15 bits per heavy atom. The SMILES string of the molecule is Cc1cc(C)c(S(=O)(=O)N2CCN(C)C(C)C2)c(C)c1. The van der Waals surface area contributed by atoms with Crippen molar-refractivity contribution < 1.29 is 8.42 Å². The summed E-state index contributed by atoms with van der Waals surface area (Å²) in [6.45, 7) is 9.73. The highest BCUT2D eigenvalue weighted by molar-refractivity contribution is 7.89. The van der Waals surface area contributed by atoms with Crippen LogP contribution in [0, 0.1) is 20.8 Å². The minimum atomic E-state index is -3.39. The molecular formula is C15H24N2O2S. The van der Waals surface area contributed by atoms with E-state index in [2.05, 4.69) is 11.8 Å². The summed E-state index contributed by atoms with van der Waals surface area (Å²) < 4.78 is 27.4. The van der Waals surface area contributed by atoms with E-state index >= 15 is 0 Å². The summed E-state index contributed by atoms with van der Waals surface area (Å²) in [5.74, 6) is 0. The number of likely N-dealkylation sites (N-methyl/N-ethyl adjacent to an activating group) is 1. The zero-order valence-electron chi connectivity index (χ0n) is 13.0. The van der Waals surface area contributed by atoms with E-state index in [-0.39, 0.29) is 6.04 Å². The number of hydrogen-bond donors (Lipinski definition) is 0. The average molecular weight is 296 g/mol. The average Bonchev–Trinajstić information content (AvgIpc) is 2.30. The molecule has 1 saturated heterocycles. The van der Waals surface area contributed by atoms with Crippen molar-refractivity contribution in [3.05, 3.63) is 28.8 Å². The molecule has 0 N–H and O–H groups in total. The third-order valence-electron chi connectivity index (χ3n) is 4.12. The molecule has 0 aliphatic carbocycles. The molecule has 0 saturated carbocycles. The van der Waals surface area contributed by atoms with E-state index in [1.807, 2.05) is 40.0 Å². The lowest BCUT2D eigenvalue weighted by Gasteiger charge is -2.37. The second-order valence-electron chi connectivity index (χ2n) is 5.92. The Balaban J connectivity index is 2.41. The van der Waals surface area contributed by atoms with Gasteiger partial charge in [-0.15, -0.1) is 0 Å². The third-order valence-corrected chi connectivity index (χ3v) is 6.30. The number of piperazine rings is 1. The highest BCUT2D eigenvalue weighted by Gasteiger charge is 2.32. The molecule has 2 rings (SSSR count). The Hall–Kier alpha value is -0.910. The predicted molar refractivity (Wildman–Crippen MR) is 81.5 cm³/mol. The molecule has 1 aliphatic rings. The Morgan fingerprint density at radius 1 is 1.10 bits per heavy atom. The lowest BCUT2D eigenvalue weighted by Crippen LogP contribution is -2.52. The maximum atomic E-state index is 12.9. The van der Waals surface area contributed by atoms with Crippen LogP contribution >= 0.6 is 0 Å². The van der Waals surface area contributed by atoms with Gasteiger partial charge in [0.2, 0.25) is 10.0 Å². The maximum absolute atomic E-state index is 12.9. The first kappa shape index (κ1) is 15.5. The summed E-state index contributed by atoms with van der Waals surface area (Å²) in [5.41, 5.74) is 2.79. The normalized spacial score (nSPS) is 22.1. The Bertz CT molecular complexity index is 587. The predicted octanol–water partition coefficient (Wildman–Crippen LogP) is 1.94. The van der Waals surface area contributed by atoms with Gasteiger partial charge in [-0.2, -0.15) is 4.31 Å². The van der Waals surface area contributed by atoms with Crippen molar-refractivity contribution in [1.29, 1.82) is 0 Å². The molecule has 1 heterocycles. The summed E-state index contributed by atoms with van der Waals surface area (Å²) in [6.07, 6.45) is 0. The van der Waals surface area contributed by atoms with Crippen LogP contribution in [0.5, 0.6) is 0 Å². The van der Waals surface area contributed by atoms with E-state index in [9.17, 15) is 8.42 Å². The first-order chi connectivity index (χ1) is 9.23. The van der Waals surface area contributed by atoms with Crippen LogP contribution < -0.4 is 0 Å². The Labute approximate surface area is 122 Å². The van der Waals surface area contributed by atoms with Crippen LogP contribution in [-0.2, 0) is 10.0 Å². The molecule has 1 aromatic carbocycles. The largest absolute Gasteiger partial charge is 0.301 e. The van der Waals surface area contributed by atoms with Crippen LogP contribution in [0.25, 0.3) is 0 Å². The van der Waals surface area contributed by atoms with Crippen molar-refractivity contribution in [2.24, 2.45) is 0 Å². The second kappa shape index (κ2) is 5.47. The topological polar surface area (TPSA) is 40.6 Å². The Morgan fingerprint density at radius 2 is 1.65 bits per heavy atom. The smallest absolute Gasteiger partial charge is 0.243 e. The van der Waals surface area contributed by atoms with Gasteiger partial charge in [0.05, 0.1) is 4.90 Å². The molecule has 1 aliphatic heterocycles. The minimum Gasteiger partial charge on any atom is -0.301 e. The van der Waals surface area contributed by atoms with Gasteiger partial charge in [0.1, 0.15) is 0 Å². The van der Waals surface area contributed by atoms with Crippen molar-refractivity contribution in [3.8, 4) is 0 Å². The van der Waals surface area contributed by atoms with Gasteiger partial charge in [-0.25, -0.2) is 8.42 Å². The zero-order chi connectivity index (χ0) is 15.1. The highest BCUT2D eigenvalue weighted by atomic mass is 32.2. The van der Waals surface area contributed by atoms with Gasteiger partial charge in [-0.1, -0.05) is 17.7 Å². The molecule has 0 amide bonds.